The van der Waals surface area contributed by atoms with Crippen LogP contribution in [0.3, 0.4) is 0 Å². The molecule has 2 unspecified atom stereocenters. The molecule has 0 radical (unpaired) electrons. The van der Waals surface area contributed by atoms with Crippen LogP contribution in [0.1, 0.15) is 29.5 Å². The lowest BCUT2D eigenvalue weighted by atomic mass is 9.72. The van der Waals surface area contributed by atoms with Gasteiger partial charge in [-0.25, -0.2) is 17.5 Å². The van der Waals surface area contributed by atoms with E-state index >= 15 is 0 Å². The van der Waals surface area contributed by atoms with E-state index in [4.69, 9.17) is 4.74 Å². The minimum atomic E-state index is -3.74. The predicted octanol–water partition coefficient (Wildman–Crippen LogP) is 5.10. The average molecular weight is 586 g/mol. The lowest BCUT2D eigenvalue weighted by Crippen LogP contribution is -2.38. The van der Waals surface area contributed by atoms with Gasteiger partial charge in [-0.3, -0.25) is 4.68 Å². The Hall–Kier alpha value is -3.86. The van der Waals surface area contributed by atoms with Gasteiger partial charge in [0.15, 0.2) is 0 Å². The van der Waals surface area contributed by atoms with Gasteiger partial charge in [-0.05, 0) is 78.8 Å². The zero-order valence-corrected chi connectivity index (χ0v) is 24.6. The first kappa shape index (κ1) is 27.0. The smallest absolute Gasteiger partial charge is 0.246 e. The van der Waals surface area contributed by atoms with E-state index in [0.29, 0.717) is 25.9 Å². The minimum absolute atomic E-state index is 0.0207. The van der Waals surface area contributed by atoms with Gasteiger partial charge in [0.2, 0.25) is 10.0 Å². The highest BCUT2D eigenvalue weighted by Crippen LogP contribution is 2.60. The number of nitrogens with zero attached hydrogens (tertiary/aromatic N) is 5. The van der Waals surface area contributed by atoms with Crippen molar-refractivity contribution in [3.63, 3.8) is 0 Å². The third-order valence-corrected chi connectivity index (χ3v) is 11.1. The summed E-state index contributed by atoms with van der Waals surface area (Å²) in [5.74, 6) is -0.278. The first-order chi connectivity index (χ1) is 20.1. The molecule has 3 aromatic carbocycles. The largest absolute Gasteiger partial charge is 0.373 e. The molecule has 10 heteroatoms. The second kappa shape index (κ2) is 9.58. The monoisotopic (exact) mass is 585 g/mol. The Labute approximate surface area is 244 Å². The highest BCUT2D eigenvalue weighted by atomic mass is 32.2. The molecule has 3 atom stereocenters. The molecule has 3 heterocycles. The van der Waals surface area contributed by atoms with Gasteiger partial charge in [0.05, 0.1) is 29.2 Å². The van der Waals surface area contributed by atoms with E-state index in [9.17, 15) is 12.8 Å². The van der Waals surface area contributed by atoms with Crippen molar-refractivity contribution in [2.24, 2.45) is 13.0 Å². The van der Waals surface area contributed by atoms with Crippen molar-refractivity contribution >= 4 is 20.9 Å². The molecule has 1 aliphatic carbocycles. The Morgan fingerprint density at radius 1 is 1.02 bits per heavy atom. The fraction of sp³-hybridized carbons (Fsp3) is 0.312. The lowest BCUT2D eigenvalue weighted by Gasteiger charge is -2.35. The highest BCUT2D eigenvalue weighted by Gasteiger charge is 2.62. The van der Waals surface area contributed by atoms with E-state index in [2.05, 4.69) is 41.4 Å². The van der Waals surface area contributed by atoms with Crippen LogP contribution < -0.4 is 0 Å². The van der Waals surface area contributed by atoms with Crippen LogP contribution in [0, 0.1) is 18.7 Å². The second-order valence-corrected chi connectivity index (χ2v) is 13.6. The molecular weight excluding hydrogens is 553 g/mol. The second-order valence-electron chi connectivity index (χ2n) is 11.7. The van der Waals surface area contributed by atoms with Crippen LogP contribution in [0.4, 0.5) is 4.39 Å². The Kier molecular flexibility index (Phi) is 6.16. The van der Waals surface area contributed by atoms with Gasteiger partial charge in [0, 0.05) is 44.2 Å². The quantitative estimate of drug-likeness (QED) is 0.277. The SMILES string of the molecule is CO[C@@]1(c2ccccc2)CC2CN(S(=O)(=O)c3cnn(C)c3)CC2(c2cc3cnn(-c4ccc(F)cc4)c3cc2C)C1. The third kappa shape index (κ3) is 4.04. The third-order valence-electron chi connectivity index (χ3n) is 9.37. The van der Waals surface area contributed by atoms with E-state index in [1.807, 2.05) is 29.1 Å². The summed E-state index contributed by atoms with van der Waals surface area (Å²) in [6, 6.07) is 20.8. The Morgan fingerprint density at radius 2 is 1.79 bits per heavy atom. The van der Waals surface area contributed by atoms with Gasteiger partial charge in [-0.2, -0.15) is 14.5 Å². The number of halogens is 1. The van der Waals surface area contributed by atoms with Crippen LogP contribution in [-0.2, 0) is 32.8 Å². The molecule has 2 aliphatic rings. The molecule has 1 aliphatic heterocycles. The fourth-order valence-corrected chi connectivity index (χ4v) is 8.91. The number of hydrogen-bond donors (Lipinski definition) is 0. The summed E-state index contributed by atoms with van der Waals surface area (Å²) in [7, 11) is -0.266. The highest BCUT2D eigenvalue weighted by molar-refractivity contribution is 7.89. The number of aryl methyl sites for hydroxylation is 2. The number of hydrogen-bond acceptors (Lipinski definition) is 5. The molecule has 42 heavy (non-hydrogen) atoms. The van der Waals surface area contributed by atoms with Crippen molar-refractivity contribution in [3.8, 4) is 5.69 Å². The Morgan fingerprint density at radius 3 is 2.48 bits per heavy atom. The van der Waals surface area contributed by atoms with Crippen molar-refractivity contribution in [3.05, 3.63) is 108 Å². The van der Waals surface area contributed by atoms with Crippen molar-refractivity contribution in [1.29, 1.82) is 0 Å². The van der Waals surface area contributed by atoms with Gasteiger partial charge in [-0.15, -0.1) is 0 Å². The van der Waals surface area contributed by atoms with Crippen LogP contribution >= 0.6 is 0 Å². The number of benzene rings is 3. The molecule has 0 N–H and O–H groups in total. The molecule has 5 aromatic rings. The van der Waals surface area contributed by atoms with Gasteiger partial charge in [-0.1, -0.05) is 30.3 Å². The summed E-state index contributed by atoms with van der Waals surface area (Å²) in [5, 5.41) is 9.69. The maximum Gasteiger partial charge on any atom is 0.246 e. The van der Waals surface area contributed by atoms with E-state index in [-0.39, 0.29) is 16.6 Å². The molecule has 0 spiro atoms. The summed E-state index contributed by atoms with van der Waals surface area (Å²) < 4.78 is 52.6. The maximum absolute atomic E-state index is 13.8. The number of aromatic nitrogens is 4. The van der Waals surface area contributed by atoms with Gasteiger partial charge in [0.25, 0.3) is 0 Å². The van der Waals surface area contributed by atoms with Gasteiger partial charge in [0.1, 0.15) is 10.7 Å². The molecule has 0 bridgehead atoms. The van der Waals surface area contributed by atoms with Gasteiger partial charge >= 0.3 is 0 Å². The lowest BCUT2D eigenvalue weighted by molar-refractivity contribution is -0.0183. The Bertz CT molecular complexity index is 1900. The number of fused-ring (bicyclic) bond motifs is 2. The molecule has 216 valence electrons. The molecular formula is C32H32FN5O3S. The Balaban J connectivity index is 1.36. The van der Waals surface area contributed by atoms with Crippen molar-refractivity contribution in [2.45, 2.75) is 35.7 Å². The zero-order valence-electron chi connectivity index (χ0n) is 23.7. The van der Waals surface area contributed by atoms with Crippen LogP contribution in [0.15, 0.2) is 90.2 Å². The molecule has 0 amide bonds. The van der Waals surface area contributed by atoms with E-state index in [1.54, 1.807) is 36.8 Å². The van der Waals surface area contributed by atoms with Crippen LogP contribution in [0.2, 0.25) is 0 Å². The van der Waals surface area contributed by atoms with E-state index in [1.165, 1.54) is 23.0 Å². The standard InChI is InChI=1S/C32H32FN5O3S/c1-22-13-30-23(16-35-38(30)27-11-9-26(33)10-12-27)14-29(22)31-20-32(41-3,24-7-5-4-6-8-24)15-25(31)18-37(21-31)42(39,40)28-17-34-36(2)19-28/h4-14,16-17,19,25H,15,18,20-21H2,1-3H3/t25?,31?,32-/m0/s1. The summed E-state index contributed by atoms with van der Waals surface area (Å²) in [6.07, 6.45) is 6.13. The molecule has 7 rings (SSSR count). The van der Waals surface area contributed by atoms with Crippen molar-refractivity contribution < 1.29 is 17.5 Å². The van der Waals surface area contributed by atoms with Crippen LogP contribution in [0.25, 0.3) is 16.6 Å². The molecule has 8 nitrogen and oxygen atoms in total. The zero-order chi connectivity index (χ0) is 29.3. The minimum Gasteiger partial charge on any atom is -0.373 e. The normalized spacial score (nSPS) is 24.4. The van der Waals surface area contributed by atoms with E-state index < -0.39 is 21.0 Å². The predicted molar refractivity (Wildman–Crippen MR) is 157 cm³/mol. The van der Waals surface area contributed by atoms with Crippen LogP contribution in [0.5, 0.6) is 0 Å². The molecule has 1 saturated heterocycles. The number of ether oxygens (including phenoxy) is 1. The summed E-state index contributed by atoms with van der Waals surface area (Å²) in [5.41, 5.74) is 3.91. The molecule has 2 aromatic heterocycles. The van der Waals surface area contributed by atoms with Crippen molar-refractivity contribution in [1.82, 2.24) is 23.9 Å². The number of sulfonamides is 1. The van der Waals surface area contributed by atoms with Crippen molar-refractivity contribution in [2.75, 3.05) is 20.2 Å². The summed E-state index contributed by atoms with van der Waals surface area (Å²) in [6.45, 7) is 2.81. The van der Waals surface area contributed by atoms with E-state index in [0.717, 1.165) is 33.3 Å². The maximum atomic E-state index is 13.8. The van der Waals surface area contributed by atoms with Crippen LogP contribution in [-0.4, -0.2) is 52.5 Å². The topological polar surface area (TPSA) is 82.2 Å². The summed E-state index contributed by atoms with van der Waals surface area (Å²) in [4.78, 5) is 0.203. The molecule has 2 fully saturated rings. The summed E-state index contributed by atoms with van der Waals surface area (Å²) >= 11 is 0. The fourth-order valence-electron chi connectivity index (χ4n) is 7.37. The number of methoxy groups -OCH3 is 1. The first-order valence-corrected chi connectivity index (χ1v) is 15.4. The average Bonchev–Trinajstić information content (AvgIpc) is 3.75. The molecule has 1 saturated carbocycles. The first-order valence-electron chi connectivity index (χ1n) is 14.0. The van der Waals surface area contributed by atoms with Gasteiger partial charge < -0.3 is 4.74 Å². The number of rotatable bonds is 6.